The van der Waals surface area contributed by atoms with Gasteiger partial charge in [-0.1, -0.05) is 12.1 Å². The average Bonchev–Trinajstić information content (AvgIpc) is 2.93. The van der Waals surface area contributed by atoms with Gasteiger partial charge in [0.25, 0.3) is 5.91 Å². The van der Waals surface area contributed by atoms with E-state index in [-0.39, 0.29) is 5.75 Å². The number of fused-ring (bicyclic) bond motifs is 1. The van der Waals surface area contributed by atoms with Crippen molar-refractivity contribution < 1.29 is 13.9 Å². The molecule has 0 aliphatic heterocycles. The molecule has 24 heavy (non-hydrogen) atoms. The Morgan fingerprint density at radius 1 is 1.38 bits per heavy atom. The molecule has 124 valence electrons. The molecule has 6 heteroatoms. The summed E-state index contributed by atoms with van der Waals surface area (Å²) in [7, 11) is 0. The number of carbonyl (C=O) groups is 1. The van der Waals surface area contributed by atoms with Crippen LogP contribution in [0.2, 0.25) is 0 Å². The largest absolute Gasteiger partial charge is 0.478 e. The molecule has 1 unspecified atom stereocenters. The molecule has 4 nitrogen and oxygen atoms in total. The third-order valence-electron chi connectivity index (χ3n) is 4.03. The Hall–Kier alpha value is -2.39. The lowest BCUT2D eigenvalue weighted by Crippen LogP contribution is -2.30. The second kappa shape index (κ2) is 7.02. The lowest BCUT2D eigenvalue weighted by Gasteiger charge is -2.14. The number of thiophene rings is 1. The topological polar surface area (TPSA) is 62.1 Å². The molecule has 3 rings (SSSR count). The Kier molecular flexibility index (Phi) is 4.81. The van der Waals surface area contributed by atoms with E-state index in [0.717, 1.165) is 31.2 Å². The van der Waals surface area contributed by atoms with Gasteiger partial charge >= 0.3 is 0 Å². The number of nitriles is 1. The Balaban J connectivity index is 1.74. The number of anilines is 1. The van der Waals surface area contributed by atoms with Gasteiger partial charge in [0, 0.05) is 4.88 Å². The maximum atomic E-state index is 13.6. The number of rotatable bonds is 4. The molecule has 2 aromatic rings. The Morgan fingerprint density at radius 3 is 2.88 bits per heavy atom. The van der Waals surface area contributed by atoms with E-state index in [1.807, 2.05) is 0 Å². The SMILES string of the molecule is CC(Oc1ccccc1F)C(=O)Nc1sc2c(c1C#N)CCCC2. The number of nitrogens with zero attached hydrogens (tertiary/aromatic N) is 1. The number of halogens is 1. The molecule has 0 saturated heterocycles. The molecule has 0 saturated carbocycles. The summed E-state index contributed by atoms with van der Waals surface area (Å²) in [6.45, 7) is 1.56. The normalized spacial score (nSPS) is 14.4. The van der Waals surface area contributed by atoms with E-state index in [1.165, 1.54) is 28.3 Å². The van der Waals surface area contributed by atoms with Crippen LogP contribution in [-0.4, -0.2) is 12.0 Å². The minimum Gasteiger partial charge on any atom is -0.478 e. The summed E-state index contributed by atoms with van der Waals surface area (Å²) in [5.74, 6) is -0.874. The van der Waals surface area contributed by atoms with Crippen molar-refractivity contribution in [3.8, 4) is 11.8 Å². The summed E-state index contributed by atoms with van der Waals surface area (Å²) in [5.41, 5.74) is 1.62. The van der Waals surface area contributed by atoms with Crippen molar-refractivity contribution in [2.75, 3.05) is 5.32 Å². The monoisotopic (exact) mass is 344 g/mol. The molecule has 0 spiro atoms. The van der Waals surface area contributed by atoms with Crippen LogP contribution in [0.1, 0.15) is 35.8 Å². The predicted octanol–water partition coefficient (Wildman–Crippen LogP) is 4.04. The molecule has 0 fully saturated rings. The number of carbonyl (C=O) groups excluding carboxylic acids is 1. The van der Waals surface area contributed by atoms with E-state index >= 15 is 0 Å². The van der Waals surface area contributed by atoms with Crippen molar-refractivity contribution in [3.05, 3.63) is 46.1 Å². The molecular weight excluding hydrogens is 327 g/mol. The minimum absolute atomic E-state index is 0.0335. The molecule has 1 aliphatic carbocycles. The Bertz CT molecular complexity index is 810. The molecule has 1 aromatic carbocycles. The smallest absolute Gasteiger partial charge is 0.265 e. The van der Waals surface area contributed by atoms with E-state index in [0.29, 0.717) is 10.6 Å². The van der Waals surface area contributed by atoms with E-state index in [4.69, 9.17) is 4.74 Å². The Morgan fingerprint density at radius 2 is 2.12 bits per heavy atom. The van der Waals surface area contributed by atoms with Crippen LogP contribution in [0.15, 0.2) is 24.3 Å². The first-order valence-electron chi connectivity index (χ1n) is 7.87. The molecule has 0 radical (unpaired) electrons. The number of para-hydroxylation sites is 1. The van der Waals surface area contributed by atoms with Crippen LogP contribution in [0, 0.1) is 17.1 Å². The van der Waals surface area contributed by atoms with Gasteiger partial charge in [0.2, 0.25) is 0 Å². The number of aryl methyl sites for hydroxylation is 1. The van der Waals surface area contributed by atoms with Crippen LogP contribution >= 0.6 is 11.3 Å². The highest BCUT2D eigenvalue weighted by Crippen LogP contribution is 2.37. The summed E-state index contributed by atoms with van der Waals surface area (Å²) < 4.78 is 19.0. The van der Waals surface area contributed by atoms with Gasteiger partial charge < -0.3 is 10.1 Å². The first kappa shape index (κ1) is 16.5. The van der Waals surface area contributed by atoms with Gasteiger partial charge in [-0.2, -0.15) is 5.26 Å². The summed E-state index contributed by atoms with van der Waals surface area (Å²) in [4.78, 5) is 13.5. The number of hydrogen-bond donors (Lipinski definition) is 1. The number of ether oxygens (including phenoxy) is 1. The third-order valence-corrected chi connectivity index (χ3v) is 5.24. The summed E-state index contributed by atoms with van der Waals surface area (Å²) >= 11 is 1.46. The molecule has 1 aliphatic rings. The van der Waals surface area contributed by atoms with E-state index < -0.39 is 17.8 Å². The van der Waals surface area contributed by atoms with Crippen molar-refractivity contribution in [1.82, 2.24) is 0 Å². The van der Waals surface area contributed by atoms with Crippen LogP contribution in [0.3, 0.4) is 0 Å². The standard InChI is InChI=1S/C18H17FN2O2S/c1-11(23-15-8-4-3-7-14(15)19)17(22)21-18-13(10-20)12-6-2-5-9-16(12)24-18/h3-4,7-8,11H,2,5-6,9H2,1H3,(H,21,22). The molecule has 1 heterocycles. The number of hydrogen-bond acceptors (Lipinski definition) is 4. The second-order valence-corrected chi connectivity index (χ2v) is 6.81. The van der Waals surface area contributed by atoms with E-state index in [1.54, 1.807) is 19.1 Å². The van der Waals surface area contributed by atoms with Crippen LogP contribution in [0.5, 0.6) is 5.75 Å². The molecular formula is C18H17FN2O2S. The quantitative estimate of drug-likeness (QED) is 0.910. The van der Waals surface area contributed by atoms with Crippen LogP contribution in [-0.2, 0) is 17.6 Å². The summed E-state index contributed by atoms with van der Waals surface area (Å²) in [6, 6.07) is 8.16. The fourth-order valence-electron chi connectivity index (χ4n) is 2.77. The molecule has 1 N–H and O–H groups in total. The Labute approximate surface area is 143 Å². The lowest BCUT2D eigenvalue weighted by atomic mass is 9.96. The van der Waals surface area contributed by atoms with Crippen molar-refractivity contribution in [1.29, 1.82) is 5.26 Å². The number of nitrogens with one attached hydrogen (secondary N) is 1. The first-order valence-corrected chi connectivity index (χ1v) is 8.68. The molecule has 0 bridgehead atoms. The van der Waals surface area contributed by atoms with Gasteiger partial charge in [-0.15, -0.1) is 11.3 Å². The van der Waals surface area contributed by atoms with Crippen molar-refractivity contribution in [2.45, 2.75) is 38.7 Å². The van der Waals surface area contributed by atoms with Crippen LogP contribution in [0.25, 0.3) is 0 Å². The fourth-order valence-corrected chi connectivity index (χ4v) is 4.01. The zero-order chi connectivity index (χ0) is 17.1. The summed E-state index contributed by atoms with van der Waals surface area (Å²) in [6.07, 6.45) is 3.14. The van der Waals surface area contributed by atoms with Gasteiger partial charge in [0.15, 0.2) is 17.7 Å². The molecule has 1 aromatic heterocycles. The fraction of sp³-hybridized carbons (Fsp3) is 0.333. The van der Waals surface area contributed by atoms with Gasteiger partial charge in [0.05, 0.1) is 5.56 Å². The highest BCUT2D eigenvalue weighted by atomic mass is 32.1. The van der Waals surface area contributed by atoms with Crippen LogP contribution < -0.4 is 10.1 Å². The zero-order valence-electron chi connectivity index (χ0n) is 13.3. The number of benzene rings is 1. The van der Waals surface area contributed by atoms with Crippen molar-refractivity contribution in [2.24, 2.45) is 0 Å². The van der Waals surface area contributed by atoms with E-state index in [2.05, 4.69) is 11.4 Å². The lowest BCUT2D eigenvalue weighted by molar-refractivity contribution is -0.122. The van der Waals surface area contributed by atoms with Gasteiger partial charge in [0.1, 0.15) is 11.1 Å². The second-order valence-electron chi connectivity index (χ2n) is 5.71. The average molecular weight is 344 g/mol. The highest BCUT2D eigenvalue weighted by molar-refractivity contribution is 7.16. The van der Waals surface area contributed by atoms with Gasteiger partial charge in [-0.25, -0.2) is 4.39 Å². The van der Waals surface area contributed by atoms with E-state index in [9.17, 15) is 14.4 Å². The van der Waals surface area contributed by atoms with Gasteiger partial charge in [-0.05, 0) is 50.3 Å². The zero-order valence-corrected chi connectivity index (χ0v) is 14.1. The predicted molar refractivity (Wildman–Crippen MR) is 90.8 cm³/mol. The molecule has 1 amide bonds. The highest BCUT2D eigenvalue weighted by Gasteiger charge is 2.24. The maximum absolute atomic E-state index is 13.6. The third kappa shape index (κ3) is 3.26. The van der Waals surface area contributed by atoms with Gasteiger partial charge in [-0.3, -0.25) is 4.79 Å². The van der Waals surface area contributed by atoms with Crippen molar-refractivity contribution >= 4 is 22.2 Å². The molecule has 1 atom stereocenters. The minimum atomic E-state index is -0.868. The maximum Gasteiger partial charge on any atom is 0.265 e. The van der Waals surface area contributed by atoms with Crippen molar-refractivity contribution in [3.63, 3.8) is 0 Å². The first-order chi connectivity index (χ1) is 11.6. The van der Waals surface area contributed by atoms with Crippen LogP contribution in [0.4, 0.5) is 9.39 Å². The number of amides is 1. The summed E-state index contributed by atoms with van der Waals surface area (Å²) in [5, 5.41) is 12.7.